The Bertz CT molecular complexity index is 436. The lowest BCUT2D eigenvalue weighted by molar-refractivity contribution is -0.457. The maximum Gasteiger partial charge on any atom is 0.313 e. The van der Waals surface area contributed by atoms with E-state index in [1.807, 2.05) is 0 Å². The fraction of sp³-hybridized carbons (Fsp3) is 1.00. The smallest absolute Gasteiger partial charge is 0.313 e. The van der Waals surface area contributed by atoms with Crippen LogP contribution in [0.5, 0.6) is 0 Å². The van der Waals surface area contributed by atoms with E-state index in [9.17, 15) is 35.7 Å². The lowest BCUT2D eigenvalue weighted by Gasteiger charge is -2.37. The van der Waals surface area contributed by atoms with Crippen LogP contribution in [0.25, 0.3) is 0 Å². The van der Waals surface area contributed by atoms with Crippen molar-refractivity contribution in [3.63, 3.8) is 0 Å². The molecule has 2 heterocycles. The fourth-order valence-corrected chi connectivity index (χ4v) is 2.72. The van der Waals surface area contributed by atoms with Gasteiger partial charge < -0.3 is 55.4 Å². The molecule has 9 N–H and O–H groups in total. The fourth-order valence-electron chi connectivity index (χ4n) is 2.72. The minimum absolute atomic E-state index is 0.750. The van der Waals surface area contributed by atoms with E-state index < -0.39 is 74.3 Å². The average Bonchev–Trinajstić information content (AvgIpc) is 2.94. The van der Waals surface area contributed by atoms with Crippen LogP contribution in [0, 0.1) is 0 Å². The Morgan fingerprint density at radius 2 is 1.58 bits per heavy atom. The van der Waals surface area contributed by atoms with Gasteiger partial charge >= 0.3 is 5.97 Å². The highest BCUT2D eigenvalue weighted by Gasteiger charge is 2.64. The molecule has 0 spiro atoms. The minimum Gasteiger partial charge on any atom is -0.394 e. The second-order valence-electron chi connectivity index (χ2n) is 5.74. The van der Waals surface area contributed by atoms with E-state index in [0.29, 0.717) is 0 Å². The van der Waals surface area contributed by atoms with Crippen molar-refractivity contribution < 1.29 is 60.2 Å². The average molecular weight is 358 g/mol. The molecule has 0 aliphatic carbocycles. The first-order chi connectivity index (χ1) is 11.2. The maximum atomic E-state index is 10.3. The van der Waals surface area contributed by atoms with Gasteiger partial charge in [-0.1, -0.05) is 0 Å². The van der Waals surface area contributed by atoms with Gasteiger partial charge in [-0.2, -0.15) is 0 Å². The van der Waals surface area contributed by atoms with Crippen LogP contribution in [0.4, 0.5) is 0 Å². The molecule has 2 saturated heterocycles. The van der Waals surface area contributed by atoms with Crippen LogP contribution in [0.15, 0.2) is 0 Å². The third-order valence-electron chi connectivity index (χ3n) is 4.13. The highest BCUT2D eigenvalue weighted by atomic mass is 16.9. The third-order valence-corrected chi connectivity index (χ3v) is 4.13. The van der Waals surface area contributed by atoms with E-state index in [1.54, 1.807) is 0 Å². The van der Waals surface area contributed by atoms with Crippen LogP contribution in [0.1, 0.15) is 0 Å². The van der Waals surface area contributed by atoms with Gasteiger partial charge in [0.15, 0.2) is 6.10 Å². The molecule has 2 aliphatic heterocycles. The third kappa shape index (κ3) is 3.05. The zero-order valence-electron chi connectivity index (χ0n) is 12.4. The summed E-state index contributed by atoms with van der Waals surface area (Å²) in [5.74, 6) is -5.53. The second kappa shape index (κ2) is 7.03. The van der Waals surface area contributed by atoms with E-state index in [2.05, 4.69) is 0 Å². The van der Waals surface area contributed by atoms with Crippen molar-refractivity contribution in [2.24, 2.45) is 0 Å². The Morgan fingerprint density at radius 1 is 0.958 bits per heavy atom. The molecular weight excluding hydrogens is 336 g/mol. The van der Waals surface area contributed by atoms with Crippen LogP contribution >= 0.6 is 0 Å². The van der Waals surface area contributed by atoms with Crippen molar-refractivity contribution in [2.75, 3.05) is 19.8 Å². The summed E-state index contributed by atoms with van der Waals surface area (Å²) in [5.41, 5.74) is 0. The van der Waals surface area contributed by atoms with Crippen molar-refractivity contribution >= 4 is 0 Å². The van der Waals surface area contributed by atoms with E-state index in [-0.39, 0.29) is 0 Å². The molecule has 142 valence electrons. The molecule has 12 nitrogen and oxygen atoms in total. The summed E-state index contributed by atoms with van der Waals surface area (Å²) in [6.07, 6.45) is -12.4. The molecule has 0 aromatic heterocycles. The van der Waals surface area contributed by atoms with E-state index in [4.69, 9.17) is 24.4 Å². The number of rotatable bonds is 6. The SMILES string of the molecule is OC[C@@H](O)[C@H]1O[C@](O)(O[C@@]2(CO)O[C@@H](CO)[C@H](O)[C@H]2O)[C@H](O)[C@H]1O. The molecule has 24 heavy (non-hydrogen) atoms. The molecular formula is C12H22O12. The summed E-state index contributed by atoms with van der Waals surface area (Å²) >= 11 is 0. The molecule has 0 unspecified atom stereocenters. The zero-order chi connectivity index (χ0) is 18.3. The monoisotopic (exact) mass is 358 g/mol. The van der Waals surface area contributed by atoms with Crippen molar-refractivity contribution in [3.8, 4) is 0 Å². The summed E-state index contributed by atoms with van der Waals surface area (Å²) in [5, 5.41) is 86.6. The Kier molecular flexibility index (Phi) is 5.81. The highest BCUT2D eigenvalue weighted by Crippen LogP contribution is 2.40. The Balaban J connectivity index is 2.24. The summed E-state index contributed by atoms with van der Waals surface area (Å²) in [6.45, 7) is -2.73. The zero-order valence-corrected chi connectivity index (χ0v) is 12.4. The van der Waals surface area contributed by atoms with E-state index in [0.717, 1.165) is 0 Å². The lowest BCUT2D eigenvalue weighted by atomic mass is 10.0. The standard InChI is InChI=1S/C12H22O12/c13-1-4(16)8-7(18)10(20)12(21,23-8)24-11(3-15)9(19)6(17)5(2-14)22-11/h4-10,13-21H,1-3H2/t4-,5+,6+,7+,8-,9-,10-,11-,12+/m1/s1. The number of hydrogen-bond donors (Lipinski definition) is 9. The topological polar surface area (TPSA) is 210 Å². The van der Waals surface area contributed by atoms with Crippen molar-refractivity contribution in [2.45, 2.75) is 54.5 Å². The van der Waals surface area contributed by atoms with Gasteiger partial charge in [-0.3, -0.25) is 4.74 Å². The summed E-state index contributed by atoms with van der Waals surface area (Å²) in [6, 6.07) is 0. The molecule has 0 aromatic carbocycles. The highest BCUT2D eigenvalue weighted by molar-refractivity contribution is 5.00. The van der Waals surface area contributed by atoms with Gasteiger partial charge in [0.25, 0.3) is 0 Å². The van der Waals surface area contributed by atoms with Gasteiger partial charge in [0.05, 0.1) is 13.2 Å². The predicted octanol–water partition coefficient (Wildman–Crippen LogP) is -6.08. The molecule has 0 bridgehead atoms. The van der Waals surface area contributed by atoms with Gasteiger partial charge in [-0.05, 0) is 0 Å². The molecule has 0 radical (unpaired) electrons. The number of ether oxygens (including phenoxy) is 3. The van der Waals surface area contributed by atoms with Crippen molar-refractivity contribution in [1.82, 2.24) is 0 Å². The first-order valence-corrected chi connectivity index (χ1v) is 7.17. The van der Waals surface area contributed by atoms with Crippen LogP contribution < -0.4 is 0 Å². The van der Waals surface area contributed by atoms with Crippen LogP contribution in [-0.2, 0) is 14.2 Å². The second-order valence-corrected chi connectivity index (χ2v) is 5.74. The van der Waals surface area contributed by atoms with E-state index >= 15 is 0 Å². The molecule has 0 saturated carbocycles. The van der Waals surface area contributed by atoms with Gasteiger partial charge in [-0.15, -0.1) is 0 Å². The Labute approximate surface area is 135 Å². The summed E-state index contributed by atoms with van der Waals surface area (Å²) in [4.78, 5) is 0. The van der Waals surface area contributed by atoms with Crippen molar-refractivity contribution in [3.05, 3.63) is 0 Å². The van der Waals surface area contributed by atoms with Crippen LogP contribution in [-0.4, -0.2) is 120 Å². The predicted molar refractivity (Wildman–Crippen MR) is 69.8 cm³/mol. The Morgan fingerprint density at radius 3 is 2.04 bits per heavy atom. The molecule has 0 amide bonds. The van der Waals surface area contributed by atoms with E-state index in [1.165, 1.54) is 0 Å². The molecule has 2 aliphatic rings. The largest absolute Gasteiger partial charge is 0.394 e. The summed E-state index contributed by atoms with van der Waals surface area (Å²) in [7, 11) is 0. The number of aliphatic hydroxyl groups is 9. The normalized spacial score (nSPS) is 50.4. The maximum absolute atomic E-state index is 10.3. The van der Waals surface area contributed by atoms with Crippen LogP contribution in [0.3, 0.4) is 0 Å². The quantitative estimate of drug-likeness (QED) is 0.203. The first kappa shape index (κ1) is 19.8. The van der Waals surface area contributed by atoms with Gasteiger partial charge in [0, 0.05) is 0 Å². The minimum atomic E-state index is -3.05. The molecule has 2 rings (SSSR count). The summed E-state index contributed by atoms with van der Waals surface area (Å²) < 4.78 is 14.8. The van der Waals surface area contributed by atoms with Gasteiger partial charge in [0.2, 0.25) is 5.79 Å². The van der Waals surface area contributed by atoms with Gasteiger partial charge in [0.1, 0.15) is 43.2 Å². The van der Waals surface area contributed by atoms with Crippen molar-refractivity contribution in [1.29, 1.82) is 0 Å². The molecule has 12 heteroatoms. The van der Waals surface area contributed by atoms with Gasteiger partial charge in [-0.25, -0.2) is 0 Å². The molecule has 2 fully saturated rings. The first-order valence-electron chi connectivity index (χ1n) is 7.17. The molecule has 9 atom stereocenters. The molecule has 0 aromatic rings. The number of hydrogen-bond acceptors (Lipinski definition) is 12. The number of aliphatic hydroxyl groups excluding tert-OH is 8. The van der Waals surface area contributed by atoms with Crippen LogP contribution in [0.2, 0.25) is 0 Å². The Hall–Kier alpha value is -0.480. The lowest BCUT2D eigenvalue weighted by Crippen LogP contribution is -2.58.